The van der Waals surface area contributed by atoms with Gasteiger partial charge in [0, 0.05) is 12.3 Å². The molecule has 0 saturated carbocycles. The smallest absolute Gasteiger partial charge is 0.329 e. The Hall–Kier alpha value is -1.84. The van der Waals surface area contributed by atoms with Crippen molar-refractivity contribution in [3.63, 3.8) is 0 Å². The molecule has 158 valence electrons. The van der Waals surface area contributed by atoms with Crippen LogP contribution in [0.5, 0.6) is 0 Å². The van der Waals surface area contributed by atoms with E-state index in [2.05, 4.69) is 48.7 Å². The van der Waals surface area contributed by atoms with E-state index in [1.807, 2.05) is 13.8 Å². The lowest BCUT2D eigenvalue weighted by Crippen LogP contribution is -2.41. The lowest BCUT2D eigenvalue weighted by atomic mass is 10.00. The standard InChI is InChI=1S/C24H39NO3/c1-4-5-6-7-8-9-10-11-12-13-14-15-16-17-18-19-22(26)25-23-20(2)21(3)28-24(23)27/h5-6,8-9,11-12,20-21,23H,4,7,10,13-19H2,1-3H3,(H,25,26)/b6-5-,9-8-,12-11+/t20-,21-,23-/m0/s1. The Balaban J connectivity index is 1.95. The Morgan fingerprint density at radius 2 is 1.54 bits per heavy atom. The predicted octanol–water partition coefficient (Wildman–Crippen LogP) is 5.64. The van der Waals surface area contributed by atoms with Gasteiger partial charge in [-0.2, -0.15) is 0 Å². The summed E-state index contributed by atoms with van der Waals surface area (Å²) in [6.07, 6.45) is 23.5. The largest absolute Gasteiger partial charge is 0.461 e. The number of carbonyl (C=O) groups excluding carboxylic acids is 2. The van der Waals surface area contributed by atoms with Gasteiger partial charge in [0.1, 0.15) is 12.1 Å². The molecule has 1 heterocycles. The van der Waals surface area contributed by atoms with Crippen molar-refractivity contribution < 1.29 is 14.3 Å². The second-order valence-electron chi connectivity index (χ2n) is 7.65. The number of allylic oxidation sites excluding steroid dienone is 6. The summed E-state index contributed by atoms with van der Waals surface area (Å²) in [6.45, 7) is 5.96. The van der Waals surface area contributed by atoms with Crippen LogP contribution in [0.25, 0.3) is 0 Å². The number of hydrogen-bond donors (Lipinski definition) is 1. The minimum absolute atomic E-state index is 0.0379. The van der Waals surface area contributed by atoms with E-state index >= 15 is 0 Å². The predicted molar refractivity (Wildman–Crippen MR) is 116 cm³/mol. The SMILES string of the molecule is CC/C=C\C/C=C\C/C=C/CCCCCCCC(=O)N[C@@H]1C(=O)O[C@@H](C)[C@@H]1C. The fourth-order valence-corrected chi connectivity index (χ4v) is 3.19. The van der Waals surface area contributed by atoms with Crippen LogP contribution in [0.4, 0.5) is 0 Å². The zero-order valence-electron chi connectivity index (χ0n) is 18.0. The molecule has 0 aromatic carbocycles. The second-order valence-corrected chi connectivity index (χ2v) is 7.65. The summed E-state index contributed by atoms with van der Waals surface area (Å²) in [6, 6.07) is -0.475. The maximum atomic E-state index is 12.0. The molecular weight excluding hydrogens is 350 g/mol. The van der Waals surface area contributed by atoms with Gasteiger partial charge in [-0.05, 0) is 45.4 Å². The Bertz CT molecular complexity index is 536. The molecule has 1 rings (SSSR count). The van der Waals surface area contributed by atoms with Crippen molar-refractivity contribution in [3.8, 4) is 0 Å². The van der Waals surface area contributed by atoms with Gasteiger partial charge in [-0.25, -0.2) is 4.79 Å². The molecular formula is C24H39NO3. The highest BCUT2D eigenvalue weighted by Crippen LogP contribution is 2.21. The summed E-state index contributed by atoms with van der Waals surface area (Å²) in [4.78, 5) is 23.7. The summed E-state index contributed by atoms with van der Waals surface area (Å²) in [5.41, 5.74) is 0. The van der Waals surface area contributed by atoms with Crippen LogP contribution >= 0.6 is 0 Å². The average Bonchev–Trinajstić information content (AvgIpc) is 2.91. The molecule has 3 atom stereocenters. The summed E-state index contributed by atoms with van der Waals surface area (Å²) >= 11 is 0. The molecule has 1 fully saturated rings. The number of esters is 1. The highest BCUT2D eigenvalue weighted by molar-refractivity contribution is 5.86. The highest BCUT2D eigenvalue weighted by Gasteiger charge is 2.40. The van der Waals surface area contributed by atoms with Gasteiger partial charge >= 0.3 is 5.97 Å². The fourth-order valence-electron chi connectivity index (χ4n) is 3.19. The van der Waals surface area contributed by atoms with E-state index in [1.165, 1.54) is 12.8 Å². The van der Waals surface area contributed by atoms with E-state index in [-0.39, 0.29) is 23.9 Å². The van der Waals surface area contributed by atoms with Crippen LogP contribution < -0.4 is 5.32 Å². The first kappa shape index (κ1) is 24.2. The van der Waals surface area contributed by atoms with E-state index in [4.69, 9.17) is 4.74 Å². The highest BCUT2D eigenvalue weighted by atomic mass is 16.6. The van der Waals surface area contributed by atoms with E-state index in [0.717, 1.165) is 44.9 Å². The normalized spacial score (nSPS) is 22.5. The number of carbonyl (C=O) groups is 2. The van der Waals surface area contributed by atoms with Crippen LogP contribution in [0.15, 0.2) is 36.5 Å². The van der Waals surface area contributed by atoms with Gasteiger partial charge in [0.05, 0.1) is 0 Å². The number of nitrogens with one attached hydrogen (secondary N) is 1. The van der Waals surface area contributed by atoms with Crippen molar-refractivity contribution in [2.75, 3.05) is 0 Å². The van der Waals surface area contributed by atoms with Gasteiger partial charge in [-0.15, -0.1) is 0 Å². The molecule has 1 amide bonds. The van der Waals surface area contributed by atoms with Crippen molar-refractivity contribution in [3.05, 3.63) is 36.5 Å². The number of rotatable bonds is 14. The lowest BCUT2D eigenvalue weighted by molar-refractivity contribution is -0.143. The average molecular weight is 390 g/mol. The number of amides is 1. The minimum Gasteiger partial charge on any atom is -0.461 e. The Morgan fingerprint density at radius 3 is 2.18 bits per heavy atom. The molecule has 0 radical (unpaired) electrons. The number of ether oxygens (including phenoxy) is 1. The first-order chi connectivity index (χ1) is 13.6. The van der Waals surface area contributed by atoms with E-state index in [1.54, 1.807) is 0 Å². The van der Waals surface area contributed by atoms with Crippen molar-refractivity contribution >= 4 is 11.9 Å². The molecule has 0 aromatic heterocycles. The summed E-state index contributed by atoms with van der Waals surface area (Å²) in [5, 5.41) is 2.83. The molecule has 0 unspecified atom stereocenters. The van der Waals surface area contributed by atoms with Crippen molar-refractivity contribution in [1.29, 1.82) is 0 Å². The third kappa shape index (κ3) is 10.5. The summed E-state index contributed by atoms with van der Waals surface area (Å²) < 4.78 is 5.15. The zero-order chi connectivity index (χ0) is 20.6. The Kier molecular flexibility index (Phi) is 13.1. The molecule has 0 aliphatic carbocycles. The van der Waals surface area contributed by atoms with Crippen molar-refractivity contribution in [2.45, 2.75) is 97.1 Å². The molecule has 0 bridgehead atoms. The molecule has 1 aliphatic heterocycles. The number of cyclic esters (lactones) is 1. The van der Waals surface area contributed by atoms with Gasteiger partial charge in [-0.1, -0.05) is 69.6 Å². The maximum Gasteiger partial charge on any atom is 0.329 e. The monoisotopic (exact) mass is 389 g/mol. The van der Waals surface area contributed by atoms with Crippen LogP contribution in [0, 0.1) is 5.92 Å². The Labute approximate surface area is 171 Å². The molecule has 0 spiro atoms. The first-order valence-electron chi connectivity index (χ1n) is 11.0. The molecule has 4 nitrogen and oxygen atoms in total. The molecule has 28 heavy (non-hydrogen) atoms. The molecule has 1 aliphatic rings. The van der Waals surface area contributed by atoms with E-state index in [9.17, 15) is 9.59 Å². The number of hydrogen-bond acceptors (Lipinski definition) is 3. The fraction of sp³-hybridized carbons (Fsp3) is 0.667. The van der Waals surface area contributed by atoms with Crippen LogP contribution in [-0.4, -0.2) is 24.0 Å². The third-order valence-corrected chi connectivity index (χ3v) is 5.19. The van der Waals surface area contributed by atoms with Crippen LogP contribution in [0.3, 0.4) is 0 Å². The van der Waals surface area contributed by atoms with Gasteiger partial charge in [0.2, 0.25) is 5.91 Å². The van der Waals surface area contributed by atoms with Crippen LogP contribution in [0.2, 0.25) is 0 Å². The minimum atomic E-state index is -0.475. The maximum absolute atomic E-state index is 12.0. The molecule has 4 heteroatoms. The third-order valence-electron chi connectivity index (χ3n) is 5.19. The zero-order valence-corrected chi connectivity index (χ0v) is 18.0. The first-order valence-corrected chi connectivity index (χ1v) is 11.0. The van der Waals surface area contributed by atoms with E-state index < -0.39 is 6.04 Å². The summed E-state index contributed by atoms with van der Waals surface area (Å²) in [7, 11) is 0. The van der Waals surface area contributed by atoms with Gasteiger partial charge in [-0.3, -0.25) is 4.79 Å². The van der Waals surface area contributed by atoms with Gasteiger partial charge < -0.3 is 10.1 Å². The topological polar surface area (TPSA) is 55.4 Å². The second kappa shape index (κ2) is 15.1. The van der Waals surface area contributed by atoms with Gasteiger partial charge in [0.25, 0.3) is 0 Å². The van der Waals surface area contributed by atoms with Crippen molar-refractivity contribution in [2.24, 2.45) is 5.92 Å². The molecule has 1 N–H and O–H groups in total. The van der Waals surface area contributed by atoms with E-state index in [0.29, 0.717) is 6.42 Å². The quantitative estimate of drug-likeness (QED) is 0.237. The number of unbranched alkanes of at least 4 members (excludes halogenated alkanes) is 5. The van der Waals surface area contributed by atoms with Crippen LogP contribution in [0.1, 0.15) is 85.0 Å². The Morgan fingerprint density at radius 1 is 0.929 bits per heavy atom. The van der Waals surface area contributed by atoms with Crippen LogP contribution in [-0.2, 0) is 14.3 Å². The van der Waals surface area contributed by atoms with Crippen molar-refractivity contribution in [1.82, 2.24) is 5.32 Å². The summed E-state index contributed by atoms with van der Waals surface area (Å²) in [5.74, 6) is -0.299. The van der Waals surface area contributed by atoms with Gasteiger partial charge in [0.15, 0.2) is 0 Å². The molecule has 0 aromatic rings. The lowest BCUT2D eigenvalue weighted by Gasteiger charge is -2.14. The molecule has 1 saturated heterocycles.